The summed E-state index contributed by atoms with van der Waals surface area (Å²) < 4.78 is 103. The van der Waals surface area contributed by atoms with Gasteiger partial charge in [-0.3, -0.25) is 9.59 Å². The average molecular weight is 640 g/mol. The number of fused-ring (bicyclic) bond motifs is 2. The molecule has 0 radical (unpaired) electrons. The zero-order valence-corrected chi connectivity index (χ0v) is 23.4. The molecule has 3 aromatic carbocycles. The summed E-state index contributed by atoms with van der Waals surface area (Å²) in [4.78, 5) is 28.3. The zero-order chi connectivity index (χ0) is 32.0. The third kappa shape index (κ3) is 6.15. The number of carbonyl (C=O) groups is 2. The van der Waals surface area contributed by atoms with Crippen LogP contribution >= 0.6 is 0 Å². The van der Waals surface area contributed by atoms with Gasteiger partial charge in [-0.15, -0.1) is 8.78 Å². The third-order valence-corrected chi connectivity index (χ3v) is 8.56. The number of carboxylic acids is 1. The highest BCUT2D eigenvalue weighted by Gasteiger charge is 2.45. The van der Waals surface area contributed by atoms with E-state index in [-0.39, 0.29) is 44.1 Å². The summed E-state index contributed by atoms with van der Waals surface area (Å²) in [6.07, 6.45) is -9.53. The molecular weight excluding hydrogens is 617 g/mol. The number of hydrogen-bond donors (Lipinski definition) is 2. The number of sulfone groups is 1. The molecule has 1 amide bonds. The standard InChI is InChI=1S/C28H22F5N3O7S/c1-2-44(40,41)18-9-6-15(7-10-18)19(13-23(37)38)34-25(39)16-8-11-21-20(12-16)35-26(27(29,30)31)36(21)14-17-4-3-5-22-24(17)43-28(32,33)42-22/h3-12,19H,2,13-14H2,1H3,(H,34,39)(H,37,38)/t19-/m1/s1. The molecule has 44 heavy (non-hydrogen) atoms. The van der Waals surface area contributed by atoms with Crippen LogP contribution in [-0.4, -0.2) is 47.0 Å². The molecule has 1 aliphatic rings. The van der Waals surface area contributed by atoms with Crippen molar-refractivity contribution in [2.24, 2.45) is 0 Å². The first-order valence-corrected chi connectivity index (χ1v) is 14.5. The maximum Gasteiger partial charge on any atom is 0.586 e. The van der Waals surface area contributed by atoms with Crippen molar-refractivity contribution >= 4 is 32.7 Å². The molecule has 0 spiro atoms. The van der Waals surface area contributed by atoms with Gasteiger partial charge < -0.3 is 24.5 Å². The van der Waals surface area contributed by atoms with Gasteiger partial charge in [-0.05, 0) is 42.0 Å². The second kappa shape index (κ2) is 11.1. The maximum atomic E-state index is 14.0. The first kappa shape index (κ1) is 30.7. The van der Waals surface area contributed by atoms with Crippen molar-refractivity contribution in [3.05, 3.63) is 83.2 Å². The number of nitrogens with zero attached hydrogens (tertiary/aromatic N) is 2. The number of carbonyl (C=O) groups excluding carboxylic acids is 1. The number of amides is 1. The number of aliphatic carboxylic acids is 1. The van der Waals surface area contributed by atoms with Crippen LogP contribution in [0.25, 0.3) is 11.0 Å². The maximum absolute atomic E-state index is 14.0. The van der Waals surface area contributed by atoms with Crippen molar-refractivity contribution in [3.8, 4) is 11.5 Å². The van der Waals surface area contributed by atoms with Gasteiger partial charge in [0.1, 0.15) is 0 Å². The van der Waals surface area contributed by atoms with Crippen molar-refractivity contribution in [2.45, 2.75) is 43.3 Å². The average Bonchev–Trinajstić information content (AvgIpc) is 3.48. The number of rotatable bonds is 9. The number of para-hydroxylation sites is 1. The summed E-state index contributed by atoms with van der Waals surface area (Å²) in [7, 11) is -3.53. The fourth-order valence-electron chi connectivity index (χ4n) is 4.71. The van der Waals surface area contributed by atoms with Gasteiger partial charge in [0.25, 0.3) is 5.91 Å². The molecule has 1 aliphatic heterocycles. The smallest absolute Gasteiger partial charge is 0.481 e. The van der Waals surface area contributed by atoms with Crippen LogP contribution in [0.2, 0.25) is 0 Å². The Balaban J connectivity index is 1.46. The predicted octanol–water partition coefficient (Wildman–Crippen LogP) is 5.16. The number of benzene rings is 3. The Morgan fingerprint density at radius 2 is 1.77 bits per heavy atom. The number of ether oxygens (including phenoxy) is 2. The molecule has 0 bridgehead atoms. The first-order valence-electron chi connectivity index (χ1n) is 12.9. The van der Waals surface area contributed by atoms with Crippen LogP contribution in [0.1, 0.15) is 46.7 Å². The fourth-order valence-corrected chi connectivity index (χ4v) is 5.59. The molecule has 2 N–H and O–H groups in total. The minimum Gasteiger partial charge on any atom is -0.481 e. The van der Waals surface area contributed by atoms with E-state index < -0.39 is 64.8 Å². The van der Waals surface area contributed by atoms with Crippen LogP contribution < -0.4 is 14.8 Å². The molecule has 5 rings (SSSR count). The van der Waals surface area contributed by atoms with E-state index in [9.17, 15) is 45.1 Å². The van der Waals surface area contributed by atoms with Crippen molar-refractivity contribution in [1.29, 1.82) is 0 Å². The number of nitrogens with one attached hydrogen (secondary N) is 1. The van der Waals surface area contributed by atoms with Gasteiger partial charge in [0, 0.05) is 11.1 Å². The summed E-state index contributed by atoms with van der Waals surface area (Å²) in [6.45, 7) is 0.885. The third-order valence-electron chi connectivity index (χ3n) is 6.81. The summed E-state index contributed by atoms with van der Waals surface area (Å²) in [5.41, 5.74) is -0.224. The molecule has 0 fully saturated rings. The van der Waals surface area contributed by atoms with E-state index in [0.29, 0.717) is 0 Å². The second-order valence-corrected chi connectivity index (χ2v) is 12.0. The van der Waals surface area contributed by atoms with Crippen molar-refractivity contribution in [1.82, 2.24) is 14.9 Å². The number of carboxylic acid groups (broad SMARTS) is 1. The molecule has 0 unspecified atom stereocenters. The van der Waals surface area contributed by atoms with E-state index in [1.807, 2.05) is 0 Å². The van der Waals surface area contributed by atoms with Crippen molar-refractivity contribution in [3.63, 3.8) is 0 Å². The zero-order valence-electron chi connectivity index (χ0n) is 22.6. The highest BCUT2D eigenvalue weighted by molar-refractivity contribution is 7.91. The van der Waals surface area contributed by atoms with Crippen LogP contribution in [0.3, 0.4) is 0 Å². The Morgan fingerprint density at radius 3 is 2.41 bits per heavy atom. The van der Waals surface area contributed by atoms with Gasteiger partial charge in [0.2, 0.25) is 5.82 Å². The lowest BCUT2D eigenvalue weighted by atomic mass is 10.0. The molecule has 1 atom stereocenters. The van der Waals surface area contributed by atoms with Crippen LogP contribution in [0.4, 0.5) is 22.0 Å². The highest BCUT2D eigenvalue weighted by Crippen LogP contribution is 2.44. The van der Waals surface area contributed by atoms with E-state index in [0.717, 1.165) is 10.6 Å². The van der Waals surface area contributed by atoms with Gasteiger partial charge >= 0.3 is 18.4 Å². The van der Waals surface area contributed by atoms with Gasteiger partial charge in [0.05, 0.1) is 40.7 Å². The molecule has 232 valence electrons. The summed E-state index contributed by atoms with van der Waals surface area (Å²) >= 11 is 0. The SMILES string of the molecule is CCS(=O)(=O)c1ccc([C@@H](CC(=O)O)NC(=O)c2ccc3c(c2)nc(C(F)(F)F)n3Cc2cccc3c2OC(F)(F)O3)cc1. The minimum absolute atomic E-state index is 0.0129. The van der Waals surface area contributed by atoms with Crippen LogP contribution in [0, 0.1) is 0 Å². The summed E-state index contributed by atoms with van der Waals surface area (Å²) in [5, 5.41) is 11.9. The Hall–Kier alpha value is -4.73. The van der Waals surface area contributed by atoms with Gasteiger partial charge in [-0.2, -0.15) is 13.2 Å². The van der Waals surface area contributed by atoms with Crippen LogP contribution in [-0.2, 0) is 27.4 Å². The molecule has 1 aromatic heterocycles. The fraction of sp³-hybridized carbons (Fsp3) is 0.250. The monoisotopic (exact) mass is 639 g/mol. The Kier molecular flexibility index (Phi) is 7.73. The van der Waals surface area contributed by atoms with Gasteiger partial charge in [-0.25, -0.2) is 13.4 Å². The van der Waals surface area contributed by atoms with Crippen LogP contribution in [0.5, 0.6) is 11.5 Å². The number of imidazole rings is 1. The molecule has 10 nitrogen and oxygen atoms in total. The Morgan fingerprint density at radius 1 is 1.07 bits per heavy atom. The van der Waals surface area contributed by atoms with Gasteiger partial charge in [-0.1, -0.05) is 31.2 Å². The molecule has 2 heterocycles. The Labute approximate surface area is 245 Å². The minimum atomic E-state index is -4.97. The van der Waals surface area contributed by atoms with Crippen LogP contribution in [0.15, 0.2) is 65.6 Å². The first-order chi connectivity index (χ1) is 20.6. The quantitative estimate of drug-likeness (QED) is 0.240. The van der Waals surface area contributed by atoms with Crippen molar-refractivity contribution < 1.29 is 54.5 Å². The van der Waals surface area contributed by atoms with Crippen molar-refractivity contribution in [2.75, 3.05) is 5.75 Å². The number of alkyl halides is 5. The normalized spacial score (nSPS) is 14.9. The molecule has 0 aliphatic carbocycles. The number of hydrogen-bond acceptors (Lipinski definition) is 7. The topological polar surface area (TPSA) is 137 Å². The van der Waals surface area contributed by atoms with E-state index in [4.69, 9.17) is 0 Å². The van der Waals surface area contributed by atoms with E-state index in [1.54, 1.807) is 0 Å². The second-order valence-electron chi connectivity index (χ2n) is 9.73. The number of aromatic nitrogens is 2. The summed E-state index contributed by atoms with van der Waals surface area (Å²) in [5.74, 6) is -4.39. The molecule has 0 saturated heterocycles. The van der Waals surface area contributed by atoms with Gasteiger partial charge in [0.15, 0.2) is 21.3 Å². The lowest BCUT2D eigenvalue weighted by molar-refractivity contribution is -0.287. The van der Waals surface area contributed by atoms with E-state index in [1.165, 1.54) is 61.5 Å². The lowest BCUT2D eigenvalue weighted by Crippen LogP contribution is -2.30. The lowest BCUT2D eigenvalue weighted by Gasteiger charge is -2.18. The Bertz CT molecular complexity index is 1870. The molecule has 16 heteroatoms. The molecule has 4 aromatic rings. The molecule has 0 saturated carbocycles. The summed E-state index contributed by atoms with van der Waals surface area (Å²) in [6, 6.07) is 11.4. The molecular formula is C28H22F5N3O7S. The van der Waals surface area contributed by atoms with E-state index >= 15 is 0 Å². The van der Waals surface area contributed by atoms with E-state index in [2.05, 4.69) is 19.8 Å². The predicted molar refractivity (Wildman–Crippen MR) is 143 cm³/mol. The largest absolute Gasteiger partial charge is 0.586 e. The number of halogens is 5. The highest BCUT2D eigenvalue weighted by atomic mass is 32.2.